The first-order valence-corrected chi connectivity index (χ1v) is 11.9. The number of hydrogen-bond donors (Lipinski definition) is 2. The normalized spacial score (nSPS) is 11.7. The SMILES string of the molecule is COc1ccccc1NS(=O)(=O)c1ccc(OC)c(NS(=O)(=O)c2cn(C)c(C)n2)c1. The van der Waals surface area contributed by atoms with Crippen molar-refractivity contribution in [1.82, 2.24) is 9.55 Å². The molecule has 166 valence electrons. The maximum Gasteiger partial charge on any atom is 0.281 e. The van der Waals surface area contributed by atoms with Gasteiger partial charge < -0.3 is 14.0 Å². The van der Waals surface area contributed by atoms with Crippen LogP contribution >= 0.6 is 0 Å². The molecule has 0 bridgehead atoms. The Bertz CT molecular complexity index is 1300. The first-order chi connectivity index (χ1) is 14.6. The van der Waals surface area contributed by atoms with Crippen molar-refractivity contribution < 1.29 is 26.3 Å². The third-order valence-corrected chi connectivity index (χ3v) is 7.04. The fourth-order valence-electron chi connectivity index (χ4n) is 2.72. The number of benzene rings is 2. The summed E-state index contributed by atoms with van der Waals surface area (Å²) in [5, 5.41) is -0.199. The molecule has 1 aromatic heterocycles. The number of methoxy groups -OCH3 is 2. The number of hydrogen-bond acceptors (Lipinski definition) is 7. The zero-order valence-corrected chi connectivity index (χ0v) is 18.9. The minimum absolute atomic E-state index is 0.0475. The molecule has 0 saturated carbocycles. The number of sulfonamides is 2. The monoisotopic (exact) mass is 466 g/mol. The van der Waals surface area contributed by atoms with Gasteiger partial charge in [-0.15, -0.1) is 0 Å². The highest BCUT2D eigenvalue weighted by atomic mass is 32.2. The Labute approximate surface area is 180 Å². The number of rotatable bonds is 8. The highest BCUT2D eigenvalue weighted by molar-refractivity contribution is 7.93. The lowest BCUT2D eigenvalue weighted by Gasteiger charge is -2.14. The molecule has 31 heavy (non-hydrogen) atoms. The summed E-state index contributed by atoms with van der Waals surface area (Å²) in [7, 11) is -3.70. The lowest BCUT2D eigenvalue weighted by Crippen LogP contribution is -2.16. The average molecular weight is 467 g/mol. The van der Waals surface area contributed by atoms with Crippen molar-refractivity contribution in [1.29, 1.82) is 0 Å². The summed E-state index contributed by atoms with van der Waals surface area (Å²) < 4.78 is 68.0. The molecule has 3 rings (SSSR count). The van der Waals surface area contributed by atoms with E-state index in [2.05, 4.69) is 14.4 Å². The molecule has 0 unspecified atom stereocenters. The number of imidazole rings is 1. The van der Waals surface area contributed by atoms with Crippen molar-refractivity contribution in [3.63, 3.8) is 0 Å². The molecule has 0 fully saturated rings. The van der Waals surface area contributed by atoms with Gasteiger partial charge in [-0.25, -0.2) is 13.4 Å². The minimum atomic E-state index is -4.08. The molecule has 2 aromatic carbocycles. The van der Waals surface area contributed by atoms with Crippen LogP contribution in [0, 0.1) is 6.92 Å². The van der Waals surface area contributed by atoms with Crippen molar-refractivity contribution in [2.75, 3.05) is 23.7 Å². The van der Waals surface area contributed by atoms with Gasteiger partial charge in [0, 0.05) is 13.2 Å². The fourth-order valence-corrected chi connectivity index (χ4v) is 4.92. The van der Waals surface area contributed by atoms with Crippen molar-refractivity contribution >= 4 is 31.4 Å². The molecule has 0 aliphatic rings. The van der Waals surface area contributed by atoms with Gasteiger partial charge in [0.1, 0.15) is 17.3 Å². The summed E-state index contributed by atoms with van der Waals surface area (Å²) in [6.45, 7) is 1.66. The van der Waals surface area contributed by atoms with Gasteiger partial charge in [-0.2, -0.15) is 8.42 Å². The maximum absolute atomic E-state index is 12.9. The van der Waals surface area contributed by atoms with Crippen LogP contribution in [-0.2, 0) is 27.1 Å². The van der Waals surface area contributed by atoms with Gasteiger partial charge >= 0.3 is 0 Å². The Kier molecular flexibility index (Phi) is 6.13. The van der Waals surface area contributed by atoms with Crippen LogP contribution < -0.4 is 18.9 Å². The van der Waals surface area contributed by atoms with E-state index in [0.717, 1.165) is 0 Å². The summed E-state index contributed by atoms with van der Waals surface area (Å²) >= 11 is 0. The van der Waals surface area contributed by atoms with E-state index < -0.39 is 20.0 Å². The van der Waals surface area contributed by atoms with Crippen LogP contribution in [-0.4, -0.2) is 40.6 Å². The van der Waals surface area contributed by atoms with Crippen LogP contribution in [0.5, 0.6) is 11.5 Å². The number of nitrogens with zero attached hydrogens (tertiary/aromatic N) is 2. The Balaban J connectivity index is 1.98. The van der Waals surface area contributed by atoms with Gasteiger partial charge in [-0.05, 0) is 37.3 Å². The molecule has 0 aliphatic heterocycles. The molecular weight excluding hydrogens is 444 g/mol. The standard InChI is InChI=1S/C19H22N4O6S2/c1-13-20-19(12-23(13)2)31(26,27)22-16-11-14(9-10-18(16)29-4)30(24,25)21-15-7-5-6-8-17(15)28-3/h5-12,21-22H,1-4H3. The van der Waals surface area contributed by atoms with Crippen LogP contribution in [0.25, 0.3) is 0 Å². The maximum atomic E-state index is 12.9. The van der Waals surface area contributed by atoms with E-state index in [-0.39, 0.29) is 27.0 Å². The third kappa shape index (κ3) is 4.75. The lowest BCUT2D eigenvalue weighted by molar-refractivity contribution is 0.416. The van der Waals surface area contributed by atoms with E-state index >= 15 is 0 Å². The number of para-hydroxylation sites is 2. The fraction of sp³-hybridized carbons (Fsp3) is 0.211. The zero-order chi connectivity index (χ0) is 22.8. The first kappa shape index (κ1) is 22.4. The predicted molar refractivity (Wildman–Crippen MR) is 116 cm³/mol. The first-order valence-electron chi connectivity index (χ1n) is 8.94. The van der Waals surface area contributed by atoms with Gasteiger partial charge in [-0.1, -0.05) is 12.1 Å². The molecule has 10 nitrogen and oxygen atoms in total. The molecule has 3 aromatic rings. The van der Waals surface area contributed by atoms with Gasteiger partial charge in [0.15, 0.2) is 5.03 Å². The van der Waals surface area contributed by atoms with Gasteiger partial charge in [-0.3, -0.25) is 9.44 Å². The topological polar surface area (TPSA) is 129 Å². The van der Waals surface area contributed by atoms with Crippen molar-refractivity contribution in [3.05, 3.63) is 54.5 Å². The molecule has 0 spiro atoms. The molecule has 0 saturated heterocycles. The van der Waals surface area contributed by atoms with Crippen molar-refractivity contribution in [3.8, 4) is 11.5 Å². The second-order valence-electron chi connectivity index (χ2n) is 6.51. The summed E-state index contributed by atoms with van der Waals surface area (Å²) in [5.74, 6) is 0.989. The Morgan fingerprint density at radius 3 is 2.10 bits per heavy atom. The van der Waals surface area contributed by atoms with E-state index in [9.17, 15) is 16.8 Å². The number of anilines is 2. The van der Waals surface area contributed by atoms with E-state index in [1.807, 2.05) is 0 Å². The van der Waals surface area contributed by atoms with Crippen LogP contribution in [0.4, 0.5) is 11.4 Å². The van der Waals surface area contributed by atoms with Crippen LogP contribution in [0.2, 0.25) is 0 Å². The molecular formula is C19H22N4O6S2. The second-order valence-corrected chi connectivity index (χ2v) is 9.82. The molecule has 0 amide bonds. The highest BCUT2D eigenvalue weighted by Crippen LogP contribution is 2.31. The van der Waals surface area contributed by atoms with Gasteiger partial charge in [0.2, 0.25) is 0 Å². The molecule has 0 atom stereocenters. The molecule has 0 radical (unpaired) electrons. The molecule has 0 aliphatic carbocycles. The van der Waals surface area contributed by atoms with Crippen molar-refractivity contribution in [2.24, 2.45) is 7.05 Å². The highest BCUT2D eigenvalue weighted by Gasteiger charge is 2.23. The largest absolute Gasteiger partial charge is 0.495 e. The van der Waals surface area contributed by atoms with Gasteiger partial charge in [0.25, 0.3) is 20.0 Å². The van der Waals surface area contributed by atoms with E-state index in [0.29, 0.717) is 11.6 Å². The second kappa shape index (κ2) is 8.47. The Morgan fingerprint density at radius 1 is 0.871 bits per heavy atom. The van der Waals surface area contributed by atoms with Gasteiger partial charge in [0.05, 0.1) is 30.5 Å². The van der Waals surface area contributed by atoms with Crippen LogP contribution in [0.3, 0.4) is 0 Å². The summed E-state index contributed by atoms with van der Waals surface area (Å²) in [6, 6.07) is 10.4. The van der Waals surface area contributed by atoms with Crippen molar-refractivity contribution in [2.45, 2.75) is 16.8 Å². The zero-order valence-electron chi connectivity index (χ0n) is 17.3. The summed E-state index contributed by atoms with van der Waals surface area (Å²) in [4.78, 5) is 3.83. The summed E-state index contributed by atoms with van der Waals surface area (Å²) in [5.41, 5.74) is 0.195. The Morgan fingerprint density at radius 2 is 1.48 bits per heavy atom. The number of aromatic nitrogens is 2. The number of ether oxygens (including phenoxy) is 2. The van der Waals surface area contributed by atoms with Crippen LogP contribution in [0.15, 0.2) is 58.6 Å². The molecule has 2 N–H and O–H groups in total. The van der Waals surface area contributed by atoms with E-state index in [4.69, 9.17) is 9.47 Å². The number of nitrogens with one attached hydrogen (secondary N) is 2. The minimum Gasteiger partial charge on any atom is -0.495 e. The third-order valence-electron chi connectivity index (χ3n) is 4.44. The Hall–Kier alpha value is -3.25. The predicted octanol–water partition coefficient (Wildman–Crippen LogP) is 2.35. The molecule has 12 heteroatoms. The molecule has 1 heterocycles. The summed E-state index contributed by atoms with van der Waals surface area (Å²) in [6.07, 6.45) is 1.36. The lowest BCUT2D eigenvalue weighted by atomic mass is 10.3. The quantitative estimate of drug-likeness (QED) is 0.521. The smallest absolute Gasteiger partial charge is 0.281 e. The van der Waals surface area contributed by atoms with E-state index in [1.165, 1.54) is 38.6 Å². The number of aryl methyl sites for hydroxylation is 2. The average Bonchev–Trinajstić information content (AvgIpc) is 3.07. The van der Waals surface area contributed by atoms with E-state index in [1.54, 1.807) is 42.8 Å². The van der Waals surface area contributed by atoms with Crippen LogP contribution in [0.1, 0.15) is 5.82 Å².